The lowest BCUT2D eigenvalue weighted by Crippen LogP contribution is -2.18. The first-order chi connectivity index (χ1) is 3.89. The Balaban J connectivity index is 0.0000000907. The third kappa shape index (κ3) is 2.61. The van der Waals surface area contributed by atoms with Crippen LogP contribution < -0.4 is 0 Å². The zero-order valence-corrected chi connectivity index (χ0v) is 4.85. The van der Waals surface area contributed by atoms with Crippen LogP contribution in [0.4, 0.5) is 0 Å². The second-order valence-electron chi connectivity index (χ2n) is 2.03. The molecule has 1 saturated heterocycles. The van der Waals surface area contributed by atoms with E-state index in [0.717, 1.165) is 0 Å². The maximum atomic E-state index is 9.68. The molecule has 0 aromatic rings. The second-order valence-corrected chi connectivity index (χ2v) is 2.03. The average Bonchev–Trinajstić information content (AvgIpc) is 2.41. The third-order valence-electron chi connectivity index (χ3n) is 0.923. The standard InChI is InChI=1S/C3H4O2.C3H6/c4-3-1-2-5-3;1-2-3-1/h1-2H2;1-3H2. The molecule has 2 nitrogen and oxygen atoms in total. The normalized spacial score (nSPS) is 21.8. The van der Waals surface area contributed by atoms with E-state index in [1.807, 2.05) is 0 Å². The third-order valence-corrected chi connectivity index (χ3v) is 0.923. The summed E-state index contributed by atoms with van der Waals surface area (Å²) in [7, 11) is 0. The Morgan fingerprint density at radius 3 is 1.62 bits per heavy atom. The van der Waals surface area contributed by atoms with Crippen LogP contribution in [0.15, 0.2) is 0 Å². The van der Waals surface area contributed by atoms with Crippen LogP contribution in [0.1, 0.15) is 25.7 Å². The van der Waals surface area contributed by atoms with Gasteiger partial charge in [-0.05, 0) is 0 Å². The molecule has 1 aliphatic heterocycles. The molecule has 1 aliphatic carbocycles. The number of hydrogen-bond acceptors (Lipinski definition) is 2. The van der Waals surface area contributed by atoms with E-state index in [4.69, 9.17) is 0 Å². The van der Waals surface area contributed by atoms with Gasteiger partial charge in [0.2, 0.25) is 0 Å². The first-order valence-electron chi connectivity index (χ1n) is 3.05. The van der Waals surface area contributed by atoms with Gasteiger partial charge in [0.05, 0.1) is 6.42 Å². The molecule has 2 rings (SSSR count). The van der Waals surface area contributed by atoms with Crippen LogP contribution in [0.3, 0.4) is 0 Å². The lowest BCUT2D eigenvalue weighted by Gasteiger charge is -2.09. The summed E-state index contributed by atoms with van der Waals surface area (Å²) in [6.07, 6.45) is 5.12. The van der Waals surface area contributed by atoms with Gasteiger partial charge in [0.25, 0.3) is 0 Å². The van der Waals surface area contributed by atoms with E-state index in [1.54, 1.807) is 0 Å². The van der Waals surface area contributed by atoms with Gasteiger partial charge in [0, 0.05) is 0 Å². The Kier molecular flexibility index (Phi) is 1.89. The summed E-state index contributed by atoms with van der Waals surface area (Å²) in [6.45, 7) is 0.638. The Labute approximate surface area is 48.8 Å². The van der Waals surface area contributed by atoms with Crippen molar-refractivity contribution < 1.29 is 9.53 Å². The molecule has 2 heteroatoms. The van der Waals surface area contributed by atoms with E-state index in [0.29, 0.717) is 13.0 Å². The van der Waals surface area contributed by atoms with Crippen molar-refractivity contribution in [3.05, 3.63) is 0 Å². The molecule has 46 valence electrons. The molecule has 2 fully saturated rings. The summed E-state index contributed by atoms with van der Waals surface area (Å²) in [5, 5.41) is 0. The number of rotatable bonds is 0. The highest BCUT2D eigenvalue weighted by atomic mass is 16.6. The van der Waals surface area contributed by atoms with Crippen molar-refractivity contribution in [2.24, 2.45) is 0 Å². The molecular formula is C6H10O2. The minimum Gasteiger partial charge on any atom is -0.465 e. The van der Waals surface area contributed by atoms with Gasteiger partial charge in [-0.2, -0.15) is 0 Å². The summed E-state index contributed by atoms with van der Waals surface area (Å²) in [5.41, 5.74) is 0. The number of hydrogen-bond donors (Lipinski definition) is 0. The zero-order chi connectivity index (χ0) is 5.82. The van der Waals surface area contributed by atoms with Crippen molar-refractivity contribution in [2.75, 3.05) is 6.61 Å². The molecule has 0 radical (unpaired) electrons. The maximum absolute atomic E-state index is 9.68. The smallest absolute Gasteiger partial charge is 0.309 e. The predicted octanol–water partition coefficient (Wildman–Crippen LogP) is 1.10. The van der Waals surface area contributed by atoms with Crippen LogP contribution in [0.5, 0.6) is 0 Å². The van der Waals surface area contributed by atoms with Gasteiger partial charge in [0.1, 0.15) is 6.61 Å². The van der Waals surface area contributed by atoms with Crippen LogP contribution in [-0.2, 0) is 9.53 Å². The predicted molar refractivity (Wildman–Crippen MR) is 29.4 cm³/mol. The molecule has 0 amide bonds. The summed E-state index contributed by atoms with van der Waals surface area (Å²) in [5.74, 6) is -0.0648. The SMILES string of the molecule is C1CC1.O=C1CCO1. The highest BCUT2D eigenvalue weighted by molar-refractivity contribution is 5.73. The van der Waals surface area contributed by atoms with E-state index in [9.17, 15) is 4.79 Å². The van der Waals surface area contributed by atoms with Gasteiger partial charge in [-0.3, -0.25) is 4.79 Å². The molecule has 0 aromatic carbocycles. The molecule has 0 unspecified atom stereocenters. The average molecular weight is 114 g/mol. The molecule has 1 heterocycles. The number of carbonyl (C=O) groups excluding carboxylic acids is 1. The summed E-state index contributed by atoms with van der Waals surface area (Å²) >= 11 is 0. The first kappa shape index (κ1) is 5.60. The van der Waals surface area contributed by atoms with Gasteiger partial charge in [-0.1, -0.05) is 19.3 Å². The van der Waals surface area contributed by atoms with Crippen LogP contribution >= 0.6 is 0 Å². The molecule has 0 spiro atoms. The fourth-order valence-electron chi connectivity index (χ4n) is 0.185. The molecule has 0 N–H and O–H groups in total. The van der Waals surface area contributed by atoms with Crippen molar-refractivity contribution in [1.29, 1.82) is 0 Å². The number of ether oxygens (including phenoxy) is 1. The number of cyclic esters (lactones) is 1. The summed E-state index contributed by atoms with van der Waals surface area (Å²) < 4.78 is 4.29. The Bertz CT molecular complexity index is 77.8. The zero-order valence-electron chi connectivity index (χ0n) is 4.85. The fourth-order valence-corrected chi connectivity index (χ4v) is 0.185. The van der Waals surface area contributed by atoms with Gasteiger partial charge in [-0.15, -0.1) is 0 Å². The molecule has 0 aromatic heterocycles. The minimum absolute atomic E-state index is 0.0648. The van der Waals surface area contributed by atoms with E-state index in [2.05, 4.69) is 4.74 Å². The maximum Gasteiger partial charge on any atom is 0.309 e. The molecular weight excluding hydrogens is 104 g/mol. The van der Waals surface area contributed by atoms with Gasteiger partial charge < -0.3 is 4.74 Å². The van der Waals surface area contributed by atoms with E-state index < -0.39 is 0 Å². The quantitative estimate of drug-likeness (QED) is 0.441. The van der Waals surface area contributed by atoms with Crippen molar-refractivity contribution in [3.8, 4) is 0 Å². The number of carbonyl (C=O) groups is 1. The van der Waals surface area contributed by atoms with Crippen molar-refractivity contribution >= 4 is 5.97 Å². The van der Waals surface area contributed by atoms with Crippen molar-refractivity contribution in [2.45, 2.75) is 25.7 Å². The fraction of sp³-hybridized carbons (Fsp3) is 0.833. The van der Waals surface area contributed by atoms with E-state index >= 15 is 0 Å². The Morgan fingerprint density at radius 1 is 1.25 bits per heavy atom. The Morgan fingerprint density at radius 2 is 1.62 bits per heavy atom. The molecule has 8 heavy (non-hydrogen) atoms. The van der Waals surface area contributed by atoms with Crippen LogP contribution in [-0.4, -0.2) is 12.6 Å². The monoisotopic (exact) mass is 114 g/mol. The second kappa shape index (κ2) is 2.70. The topological polar surface area (TPSA) is 26.3 Å². The largest absolute Gasteiger partial charge is 0.465 e. The molecule has 1 saturated carbocycles. The summed E-state index contributed by atoms with van der Waals surface area (Å²) in [6, 6.07) is 0. The van der Waals surface area contributed by atoms with Gasteiger partial charge in [-0.25, -0.2) is 0 Å². The van der Waals surface area contributed by atoms with Crippen LogP contribution in [0.2, 0.25) is 0 Å². The Hall–Kier alpha value is -0.530. The minimum atomic E-state index is -0.0648. The molecule has 0 bridgehead atoms. The highest BCUT2D eigenvalue weighted by Gasteiger charge is 2.10. The number of esters is 1. The first-order valence-corrected chi connectivity index (χ1v) is 3.05. The highest BCUT2D eigenvalue weighted by Crippen LogP contribution is 2.14. The molecule has 0 atom stereocenters. The lowest BCUT2D eigenvalue weighted by molar-refractivity contribution is -0.157. The van der Waals surface area contributed by atoms with E-state index in [-0.39, 0.29) is 5.97 Å². The van der Waals surface area contributed by atoms with Crippen LogP contribution in [0.25, 0.3) is 0 Å². The van der Waals surface area contributed by atoms with E-state index in [1.165, 1.54) is 19.3 Å². The lowest BCUT2D eigenvalue weighted by atomic mass is 10.4. The summed E-state index contributed by atoms with van der Waals surface area (Å²) in [4.78, 5) is 9.68. The van der Waals surface area contributed by atoms with Crippen LogP contribution in [0, 0.1) is 0 Å². The molecule has 2 aliphatic rings. The van der Waals surface area contributed by atoms with Crippen molar-refractivity contribution in [3.63, 3.8) is 0 Å². The van der Waals surface area contributed by atoms with Gasteiger partial charge >= 0.3 is 5.97 Å². The van der Waals surface area contributed by atoms with Crippen molar-refractivity contribution in [1.82, 2.24) is 0 Å². The van der Waals surface area contributed by atoms with Gasteiger partial charge in [0.15, 0.2) is 0 Å².